The standard InChI is InChI=1S/C16H27N3/c1-3-19(4-2)11-7-10-18-16-12-15(17)13-8-5-6-9-14(13)16/h5-6,8-9,15-16,18H,3-4,7,10-12,17H2,1-2H3. The molecule has 0 spiro atoms. The van der Waals surface area contributed by atoms with Crippen molar-refractivity contribution in [2.45, 2.75) is 38.8 Å². The molecular weight excluding hydrogens is 234 g/mol. The fraction of sp³-hybridized carbons (Fsp3) is 0.625. The van der Waals surface area contributed by atoms with Gasteiger partial charge in [0, 0.05) is 12.1 Å². The van der Waals surface area contributed by atoms with Crippen LogP contribution in [0.4, 0.5) is 0 Å². The van der Waals surface area contributed by atoms with E-state index >= 15 is 0 Å². The van der Waals surface area contributed by atoms with E-state index in [-0.39, 0.29) is 6.04 Å². The Bertz CT molecular complexity index is 387. The van der Waals surface area contributed by atoms with E-state index in [0.29, 0.717) is 6.04 Å². The van der Waals surface area contributed by atoms with E-state index in [2.05, 4.69) is 48.3 Å². The summed E-state index contributed by atoms with van der Waals surface area (Å²) in [5.74, 6) is 0. The van der Waals surface area contributed by atoms with E-state index in [1.54, 1.807) is 0 Å². The van der Waals surface area contributed by atoms with E-state index in [4.69, 9.17) is 5.73 Å². The lowest BCUT2D eigenvalue weighted by Crippen LogP contribution is -2.28. The number of nitrogens with two attached hydrogens (primary N) is 1. The van der Waals surface area contributed by atoms with Crippen LogP contribution in [0, 0.1) is 0 Å². The maximum Gasteiger partial charge on any atom is 0.0341 e. The van der Waals surface area contributed by atoms with Crippen molar-refractivity contribution in [1.29, 1.82) is 0 Å². The zero-order valence-electron chi connectivity index (χ0n) is 12.2. The SMILES string of the molecule is CCN(CC)CCCNC1CC(N)c2ccccc21. The largest absolute Gasteiger partial charge is 0.324 e. The predicted octanol–water partition coefficient (Wildman–Crippen LogP) is 2.45. The summed E-state index contributed by atoms with van der Waals surface area (Å²) < 4.78 is 0. The van der Waals surface area contributed by atoms with Gasteiger partial charge in [0.05, 0.1) is 0 Å². The molecule has 0 saturated heterocycles. The third-order valence-corrected chi connectivity index (χ3v) is 4.20. The van der Waals surface area contributed by atoms with Crippen molar-refractivity contribution in [2.75, 3.05) is 26.2 Å². The number of nitrogens with zero attached hydrogens (tertiary/aromatic N) is 1. The Morgan fingerprint density at radius 3 is 2.58 bits per heavy atom. The van der Waals surface area contributed by atoms with Crippen molar-refractivity contribution in [2.24, 2.45) is 5.73 Å². The van der Waals surface area contributed by atoms with E-state index in [1.807, 2.05) is 0 Å². The molecule has 0 saturated carbocycles. The molecule has 106 valence electrons. The minimum Gasteiger partial charge on any atom is -0.324 e. The van der Waals surface area contributed by atoms with Gasteiger partial charge in [0.15, 0.2) is 0 Å². The number of nitrogens with one attached hydrogen (secondary N) is 1. The molecule has 3 heteroatoms. The molecule has 1 aromatic rings. The highest BCUT2D eigenvalue weighted by Crippen LogP contribution is 2.36. The van der Waals surface area contributed by atoms with Gasteiger partial charge in [-0.2, -0.15) is 0 Å². The van der Waals surface area contributed by atoms with Gasteiger partial charge in [-0.1, -0.05) is 38.1 Å². The first-order valence-electron chi connectivity index (χ1n) is 7.56. The van der Waals surface area contributed by atoms with Crippen LogP contribution in [0.3, 0.4) is 0 Å². The van der Waals surface area contributed by atoms with Crippen molar-refractivity contribution in [3.8, 4) is 0 Å². The normalized spacial score (nSPS) is 21.9. The Morgan fingerprint density at radius 2 is 1.89 bits per heavy atom. The Morgan fingerprint density at radius 1 is 1.21 bits per heavy atom. The van der Waals surface area contributed by atoms with Gasteiger partial charge in [-0.15, -0.1) is 0 Å². The maximum absolute atomic E-state index is 6.18. The highest BCUT2D eigenvalue weighted by Gasteiger charge is 2.27. The second kappa shape index (κ2) is 7.04. The molecule has 3 N–H and O–H groups in total. The molecular formula is C16H27N3. The molecule has 0 fully saturated rings. The Hall–Kier alpha value is -0.900. The Kier molecular flexibility index (Phi) is 5.37. The van der Waals surface area contributed by atoms with Crippen LogP contribution in [0.25, 0.3) is 0 Å². The molecule has 19 heavy (non-hydrogen) atoms. The zero-order valence-corrected chi connectivity index (χ0v) is 12.2. The van der Waals surface area contributed by atoms with Crippen LogP contribution in [0.15, 0.2) is 24.3 Å². The van der Waals surface area contributed by atoms with E-state index < -0.39 is 0 Å². The smallest absolute Gasteiger partial charge is 0.0341 e. The molecule has 0 heterocycles. The van der Waals surface area contributed by atoms with Crippen LogP contribution in [0.5, 0.6) is 0 Å². The third kappa shape index (κ3) is 3.56. The molecule has 0 bridgehead atoms. The predicted molar refractivity (Wildman–Crippen MR) is 81.1 cm³/mol. The summed E-state index contributed by atoms with van der Waals surface area (Å²) in [6.07, 6.45) is 2.24. The fourth-order valence-electron chi connectivity index (χ4n) is 2.99. The molecule has 2 rings (SSSR count). The Balaban J connectivity index is 1.79. The highest BCUT2D eigenvalue weighted by atomic mass is 15.1. The minimum absolute atomic E-state index is 0.205. The quantitative estimate of drug-likeness (QED) is 0.741. The van der Waals surface area contributed by atoms with Gasteiger partial charge in [-0.3, -0.25) is 0 Å². The maximum atomic E-state index is 6.18. The minimum atomic E-state index is 0.205. The number of hydrogen-bond acceptors (Lipinski definition) is 3. The summed E-state index contributed by atoms with van der Waals surface area (Å²) in [7, 11) is 0. The van der Waals surface area contributed by atoms with Gasteiger partial charge in [0.25, 0.3) is 0 Å². The van der Waals surface area contributed by atoms with Crippen LogP contribution in [0.2, 0.25) is 0 Å². The molecule has 1 aromatic carbocycles. The van der Waals surface area contributed by atoms with Crippen LogP contribution in [-0.2, 0) is 0 Å². The van der Waals surface area contributed by atoms with Crippen LogP contribution in [0.1, 0.15) is 49.9 Å². The van der Waals surface area contributed by atoms with E-state index in [0.717, 1.165) is 26.1 Å². The molecule has 0 aromatic heterocycles. The van der Waals surface area contributed by atoms with Gasteiger partial charge >= 0.3 is 0 Å². The van der Waals surface area contributed by atoms with Crippen molar-refractivity contribution in [1.82, 2.24) is 10.2 Å². The first-order chi connectivity index (χ1) is 9.26. The summed E-state index contributed by atoms with van der Waals surface area (Å²) in [4.78, 5) is 2.47. The molecule has 1 aliphatic carbocycles. The van der Waals surface area contributed by atoms with E-state index in [9.17, 15) is 0 Å². The van der Waals surface area contributed by atoms with Crippen LogP contribution < -0.4 is 11.1 Å². The lowest BCUT2D eigenvalue weighted by atomic mass is 10.1. The molecule has 0 amide bonds. The average molecular weight is 261 g/mol. The van der Waals surface area contributed by atoms with Gasteiger partial charge in [-0.05, 0) is 50.1 Å². The molecule has 1 aliphatic rings. The number of rotatable bonds is 7. The van der Waals surface area contributed by atoms with Crippen LogP contribution in [-0.4, -0.2) is 31.1 Å². The van der Waals surface area contributed by atoms with Crippen molar-refractivity contribution >= 4 is 0 Å². The topological polar surface area (TPSA) is 41.3 Å². The first kappa shape index (κ1) is 14.5. The Labute approximate surface area is 117 Å². The monoisotopic (exact) mass is 261 g/mol. The molecule has 3 nitrogen and oxygen atoms in total. The third-order valence-electron chi connectivity index (χ3n) is 4.20. The zero-order chi connectivity index (χ0) is 13.7. The number of hydrogen-bond donors (Lipinski definition) is 2. The average Bonchev–Trinajstić information content (AvgIpc) is 2.76. The summed E-state index contributed by atoms with van der Waals surface area (Å²) in [5, 5.41) is 3.67. The second-order valence-corrected chi connectivity index (χ2v) is 5.36. The van der Waals surface area contributed by atoms with Crippen molar-refractivity contribution < 1.29 is 0 Å². The molecule has 0 aliphatic heterocycles. The molecule has 2 unspecified atom stereocenters. The lowest BCUT2D eigenvalue weighted by molar-refractivity contribution is 0.295. The second-order valence-electron chi connectivity index (χ2n) is 5.36. The van der Waals surface area contributed by atoms with Gasteiger partial charge in [0.2, 0.25) is 0 Å². The summed E-state index contributed by atoms with van der Waals surface area (Å²) in [5.41, 5.74) is 8.91. The lowest BCUT2D eigenvalue weighted by Gasteiger charge is -2.19. The first-order valence-corrected chi connectivity index (χ1v) is 7.56. The van der Waals surface area contributed by atoms with E-state index in [1.165, 1.54) is 24.1 Å². The van der Waals surface area contributed by atoms with Gasteiger partial charge in [-0.25, -0.2) is 0 Å². The van der Waals surface area contributed by atoms with Crippen LogP contribution >= 0.6 is 0 Å². The summed E-state index contributed by atoms with van der Waals surface area (Å²) in [6, 6.07) is 9.23. The van der Waals surface area contributed by atoms with Crippen molar-refractivity contribution in [3.63, 3.8) is 0 Å². The fourth-order valence-corrected chi connectivity index (χ4v) is 2.99. The molecule has 2 atom stereocenters. The number of benzene rings is 1. The molecule has 0 radical (unpaired) electrons. The van der Waals surface area contributed by atoms with Crippen molar-refractivity contribution in [3.05, 3.63) is 35.4 Å². The summed E-state index contributed by atoms with van der Waals surface area (Å²) >= 11 is 0. The summed E-state index contributed by atoms with van der Waals surface area (Å²) in [6.45, 7) is 9.00. The van der Waals surface area contributed by atoms with Gasteiger partial charge in [0.1, 0.15) is 0 Å². The highest BCUT2D eigenvalue weighted by molar-refractivity contribution is 5.37. The number of fused-ring (bicyclic) bond motifs is 1. The van der Waals surface area contributed by atoms with Gasteiger partial charge < -0.3 is 16.0 Å².